The topological polar surface area (TPSA) is 55.6 Å². The number of amides is 1. The number of nitrogens with zero attached hydrogens (tertiary/aromatic N) is 1. The van der Waals surface area contributed by atoms with Crippen molar-refractivity contribution in [3.05, 3.63) is 29.3 Å². The van der Waals surface area contributed by atoms with Crippen LogP contribution in [0.3, 0.4) is 0 Å². The summed E-state index contributed by atoms with van der Waals surface area (Å²) in [6, 6.07) is 6.46. The van der Waals surface area contributed by atoms with Gasteiger partial charge in [0.05, 0.1) is 12.5 Å². The summed E-state index contributed by atoms with van der Waals surface area (Å²) in [5, 5.41) is 0. The molecule has 1 aromatic carbocycles. The zero-order valence-corrected chi connectivity index (χ0v) is 15.9. The van der Waals surface area contributed by atoms with Crippen molar-refractivity contribution < 1.29 is 9.53 Å². The minimum atomic E-state index is -0.374. The van der Waals surface area contributed by atoms with Crippen molar-refractivity contribution in [3.63, 3.8) is 0 Å². The largest absolute Gasteiger partial charge is 0.496 e. The van der Waals surface area contributed by atoms with Crippen molar-refractivity contribution in [1.82, 2.24) is 4.90 Å². The molecule has 0 radical (unpaired) electrons. The summed E-state index contributed by atoms with van der Waals surface area (Å²) < 4.78 is 5.52. The van der Waals surface area contributed by atoms with Crippen LogP contribution in [0.1, 0.15) is 56.6 Å². The average Bonchev–Trinajstić information content (AvgIpc) is 3.12. The number of carbonyl (C=O) groups excluding carboxylic acids is 1. The lowest BCUT2D eigenvalue weighted by Gasteiger charge is -2.40. The fourth-order valence-electron chi connectivity index (χ4n) is 4.65. The van der Waals surface area contributed by atoms with Gasteiger partial charge < -0.3 is 15.4 Å². The number of ether oxygens (including phenoxy) is 1. The molecule has 1 amide bonds. The molecule has 0 aromatic heterocycles. The van der Waals surface area contributed by atoms with E-state index in [1.54, 1.807) is 7.11 Å². The van der Waals surface area contributed by atoms with Crippen LogP contribution in [-0.4, -0.2) is 37.0 Å². The summed E-state index contributed by atoms with van der Waals surface area (Å²) in [5.74, 6) is 1.61. The van der Waals surface area contributed by atoms with Crippen molar-refractivity contribution in [1.29, 1.82) is 0 Å². The van der Waals surface area contributed by atoms with Gasteiger partial charge in [-0.05, 0) is 62.6 Å². The minimum absolute atomic E-state index is 0.148. The number of rotatable bonds is 4. The number of piperidine rings is 1. The van der Waals surface area contributed by atoms with Crippen molar-refractivity contribution in [2.75, 3.05) is 20.2 Å². The van der Waals surface area contributed by atoms with Crippen molar-refractivity contribution >= 4 is 5.91 Å². The highest BCUT2D eigenvalue weighted by molar-refractivity contribution is 5.89. The van der Waals surface area contributed by atoms with Gasteiger partial charge in [0, 0.05) is 19.1 Å². The van der Waals surface area contributed by atoms with Gasteiger partial charge in [-0.15, -0.1) is 0 Å². The Labute approximate surface area is 151 Å². The molecule has 1 saturated heterocycles. The summed E-state index contributed by atoms with van der Waals surface area (Å²) >= 11 is 0. The first kappa shape index (κ1) is 18.2. The van der Waals surface area contributed by atoms with Crippen molar-refractivity contribution in [3.8, 4) is 5.75 Å². The predicted octanol–water partition coefficient (Wildman–Crippen LogP) is 3.40. The number of aryl methyl sites for hydroxylation is 1. The molecule has 4 heteroatoms. The van der Waals surface area contributed by atoms with Crippen LogP contribution in [0.2, 0.25) is 0 Å². The third-order valence-corrected chi connectivity index (χ3v) is 6.32. The van der Waals surface area contributed by atoms with Gasteiger partial charge in [-0.2, -0.15) is 0 Å². The van der Waals surface area contributed by atoms with E-state index in [-0.39, 0.29) is 11.5 Å². The highest BCUT2D eigenvalue weighted by atomic mass is 16.5. The zero-order valence-electron chi connectivity index (χ0n) is 15.9. The Morgan fingerprint density at radius 2 is 2.04 bits per heavy atom. The molecule has 2 atom stereocenters. The fourth-order valence-corrected chi connectivity index (χ4v) is 4.65. The van der Waals surface area contributed by atoms with Crippen LogP contribution in [0.25, 0.3) is 0 Å². The van der Waals surface area contributed by atoms with E-state index in [9.17, 15) is 4.79 Å². The highest BCUT2D eigenvalue weighted by Gasteiger charge is 2.46. The molecule has 1 heterocycles. The van der Waals surface area contributed by atoms with E-state index < -0.39 is 0 Å². The Balaban J connectivity index is 1.91. The van der Waals surface area contributed by atoms with Gasteiger partial charge >= 0.3 is 0 Å². The van der Waals surface area contributed by atoms with Crippen LogP contribution < -0.4 is 10.5 Å². The van der Waals surface area contributed by atoms with Crippen LogP contribution in [0.15, 0.2) is 18.2 Å². The van der Waals surface area contributed by atoms with Gasteiger partial charge in [0.1, 0.15) is 5.75 Å². The molecule has 1 aliphatic carbocycles. The number of benzene rings is 1. The Morgan fingerprint density at radius 3 is 2.68 bits per heavy atom. The molecule has 1 aliphatic heterocycles. The monoisotopic (exact) mass is 344 g/mol. The minimum Gasteiger partial charge on any atom is -0.496 e. The molecular formula is C21H32N2O2. The van der Waals surface area contributed by atoms with Gasteiger partial charge in [0.15, 0.2) is 0 Å². The molecule has 138 valence electrons. The van der Waals surface area contributed by atoms with Crippen LogP contribution in [0.4, 0.5) is 0 Å². The Morgan fingerprint density at radius 1 is 1.32 bits per heavy atom. The molecule has 2 aliphatic rings. The Kier molecular flexibility index (Phi) is 5.38. The highest BCUT2D eigenvalue weighted by Crippen LogP contribution is 2.44. The standard InChI is InChI=1S/C21H32N2O2/c1-15-8-9-18(13-19(15)25-3)21(10-4-5-11-21)20(24)23-12-6-7-17(14-23)16(2)22/h8-9,13,16-17H,4-7,10-12,14,22H2,1-3H3. The third kappa shape index (κ3) is 3.41. The summed E-state index contributed by atoms with van der Waals surface area (Å²) in [4.78, 5) is 15.7. The lowest BCUT2D eigenvalue weighted by molar-refractivity contribution is -0.139. The summed E-state index contributed by atoms with van der Waals surface area (Å²) in [7, 11) is 1.70. The maximum atomic E-state index is 13.6. The van der Waals surface area contributed by atoms with Crippen LogP contribution in [0, 0.1) is 12.8 Å². The van der Waals surface area contributed by atoms with Gasteiger partial charge in [0.2, 0.25) is 5.91 Å². The molecule has 2 unspecified atom stereocenters. The molecule has 0 spiro atoms. The summed E-state index contributed by atoms with van der Waals surface area (Å²) in [6.45, 7) is 5.78. The first-order chi connectivity index (χ1) is 12.0. The lowest BCUT2D eigenvalue weighted by Crippen LogP contribution is -2.51. The third-order valence-electron chi connectivity index (χ3n) is 6.32. The van der Waals surface area contributed by atoms with E-state index in [0.29, 0.717) is 11.8 Å². The quantitative estimate of drug-likeness (QED) is 0.911. The normalized spacial score (nSPS) is 24.2. The maximum absolute atomic E-state index is 13.6. The van der Waals surface area contributed by atoms with Crippen molar-refractivity contribution in [2.45, 2.75) is 63.8 Å². The Bertz CT molecular complexity index is 620. The number of methoxy groups -OCH3 is 1. The number of likely N-dealkylation sites (tertiary alicyclic amines) is 1. The number of hydrogen-bond donors (Lipinski definition) is 1. The number of carbonyl (C=O) groups is 1. The van der Waals surface area contributed by atoms with Crippen LogP contribution >= 0.6 is 0 Å². The fraction of sp³-hybridized carbons (Fsp3) is 0.667. The van der Waals surface area contributed by atoms with E-state index >= 15 is 0 Å². The maximum Gasteiger partial charge on any atom is 0.233 e. The van der Waals surface area contributed by atoms with Crippen LogP contribution in [-0.2, 0) is 10.2 Å². The molecular weight excluding hydrogens is 312 g/mol. The SMILES string of the molecule is COc1cc(C2(C(=O)N3CCCC(C(C)N)C3)CCCC2)ccc1C. The van der Waals surface area contributed by atoms with Crippen molar-refractivity contribution in [2.24, 2.45) is 11.7 Å². The molecule has 0 bridgehead atoms. The molecule has 25 heavy (non-hydrogen) atoms. The molecule has 2 fully saturated rings. The second-order valence-corrected chi connectivity index (χ2v) is 7.99. The smallest absolute Gasteiger partial charge is 0.233 e. The second kappa shape index (κ2) is 7.36. The molecule has 3 rings (SSSR count). The van der Waals surface area contributed by atoms with Gasteiger partial charge in [-0.3, -0.25) is 4.79 Å². The first-order valence-corrected chi connectivity index (χ1v) is 9.68. The average molecular weight is 344 g/mol. The number of nitrogens with two attached hydrogens (primary N) is 1. The predicted molar refractivity (Wildman–Crippen MR) is 101 cm³/mol. The molecule has 1 saturated carbocycles. The summed E-state index contributed by atoms with van der Waals surface area (Å²) in [5.41, 5.74) is 7.99. The van der Waals surface area contributed by atoms with Crippen LogP contribution in [0.5, 0.6) is 5.75 Å². The Hall–Kier alpha value is -1.55. The van der Waals surface area contributed by atoms with Gasteiger partial charge in [0.25, 0.3) is 0 Å². The van der Waals surface area contributed by atoms with Gasteiger partial charge in [-0.1, -0.05) is 25.0 Å². The van der Waals surface area contributed by atoms with E-state index in [0.717, 1.165) is 68.5 Å². The molecule has 1 aromatic rings. The van der Waals surface area contributed by atoms with Gasteiger partial charge in [-0.25, -0.2) is 0 Å². The lowest BCUT2D eigenvalue weighted by atomic mass is 9.76. The van der Waals surface area contributed by atoms with E-state index in [1.807, 2.05) is 6.92 Å². The first-order valence-electron chi connectivity index (χ1n) is 9.68. The molecule has 4 nitrogen and oxygen atoms in total. The van der Waals surface area contributed by atoms with E-state index in [1.165, 1.54) is 0 Å². The second-order valence-electron chi connectivity index (χ2n) is 7.99. The zero-order chi connectivity index (χ0) is 18.0. The molecule has 2 N–H and O–H groups in total. The van der Waals surface area contributed by atoms with E-state index in [2.05, 4.69) is 30.0 Å². The summed E-state index contributed by atoms with van der Waals surface area (Å²) in [6.07, 6.45) is 6.31. The van der Waals surface area contributed by atoms with E-state index in [4.69, 9.17) is 10.5 Å². The number of hydrogen-bond acceptors (Lipinski definition) is 3.